The summed E-state index contributed by atoms with van der Waals surface area (Å²) in [6.07, 6.45) is 1.53. The van der Waals surface area contributed by atoms with Crippen LogP contribution in [0.4, 0.5) is 5.82 Å². The monoisotopic (exact) mass is 407 g/mol. The predicted molar refractivity (Wildman–Crippen MR) is 116 cm³/mol. The number of fused-ring (bicyclic) bond motifs is 1. The van der Waals surface area contributed by atoms with Crippen LogP contribution >= 0.6 is 11.6 Å². The first-order chi connectivity index (χ1) is 14.1. The average molecular weight is 408 g/mol. The molecule has 2 aromatic carbocycles. The molecule has 4 rings (SSSR count). The molecule has 0 aliphatic rings. The van der Waals surface area contributed by atoms with E-state index in [1.54, 1.807) is 0 Å². The lowest BCUT2D eigenvalue weighted by atomic mass is 10.1. The van der Waals surface area contributed by atoms with Gasteiger partial charge in [-0.25, -0.2) is 4.98 Å². The molecule has 0 atom stereocenters. The maximum Gasteiger partial charge on any atom is 0.263 e. The zero-order chi connectivity index (χ0) is 20.2. The van der Waals surface area contributed by atoms with Crippen LogP contribution in [-0.4, -0.2) is 47.2 Å². The Hall–Kier alpha value is -2.96. The van der Waals surface area contributed by atoms with Gasteiger partial charge in [-0.3, -0.25) is 0 Å². The Bertz CT molecular complexity index is 1100. The number of hydrogen-bond acceptors (Lipinski definition) is 6. The molecule has 0 radical (unpaired) electrons. The van der Waals surface area contributed by atoms with Crippen molar-refractivity contribution in [3.05, 3.63) is 71.5 Å². The molecule has 0 spiro atoms. The van der Waals surface area contributed by atoms with Gasteiger partial charge in [-0.2, -0.15) is 4.98 Å². The molecule has 0 unspecified atom stereocenters. The van der Waals surface area contributed by atoms with Gasteiger partial charge in [0.15, 0.2) is 0 Å². The average Bonchev–Trinajstić information content (AvgIpc) is 3.16. The Balaban J connectivity index is 1.81. The van der Waals surface area contributed by atoms with Crippen LogP contribution < -0.4 is 4.90 Å². The van der Waals surface area contributed by atoms with E-state index in [0.717, 1.165) is 36.4 Å². The van der Waals surface area contributed by atoms with Gasteiger partial charge >= 0.3 is 0 Å². The summed E-state index contributed by atoms with van der Waals surface area (Å²) in [7, 11) is 4.13. The highest BCUT2D eigenvalue weighted by molar-refractivity contribution is 6.30. The molecule has 0 fully saturated rings. The molecule has 7 heteroatoms. The van der Waals surface area contributed by atoms with Crippen LogP contribution in [0.15, 0.2) is 65.4 Å². The molecule has 2 heterocycles. The second kappa shape index (κ2) is 8.59. The van der Waals surface area contributed by atoms with Crippen LogP contribution in [0.2, 0.25) is 5.02 Å². The summed E-state index contributed by atoms with van der Waals surface area (Å²) in [6.45, 7) is 2.41. The molecule has 0 aliphatic heterocycles. The van der Waals surface area contributed by atoms with Crippen molar-refractivity contribution < 1.29 is 4.52 Å². The van der Waals surface area contributed by atoms with E-state index in [2.05, 4.69) is 51.2 Å². The zero-order valence-electron chi connectivity index (χ0n) is 16.4. The van der Waals surface area contributed by atoms with E-state index in [1.807, 2.05) is 42.5 Å². The van der Waals surface area contributed by atoms with E-state index < -0.39 is 0 Å². The Morgan fingerprint density at radius 1 is 0.966 bits per heavy atom. The van der Waals surface area contributed by atoms with Gasteiger partial charge in [0, 0.05) is 30.2 Å². The minimum Gasteiger partial charge on any atom is -0.350 e. The van der Waals surface area contributed by atoms with Crippen molar-refractivity contribution >= 4 is 28.5 Å². The van der Waals surface area contributed by atoms with Crippen LogP contribution in [0.5, 0.6) is 0 Å². The highest BCUT2D eigenvalue weighted by Gasteiger charge is 2.21. The second-order valence-corrected chi connectivity index (χ2v) is 7.57. The smallest absolute Gasteiger partial charge is 0.263 e. The summed E-state index contributed by atoms with van der Waals surface area (Å²) >= 11 is 6.20. The lowest BCUT2D eigenvalue weighted by molar-refractivity contribution is 0.412. The summed E-state index contributed by atoms with van der Waals surface area (Å²) in [5.41, 5.74) is 3.24. The summed E-state index contributed by atoms with van der Waals surface area (Å²) in [6, 6.07) is 17.9. The number of rotatable bonds is 7. The van der Waals surface area contributed by atoms with Gasteiger partial charge < -0.3 is 14.3 Å². The van der Waals surface area contributed by atoms with Crippen LogP contribution in [-0.2, 0) is 6.54 Å². The third-order valence-electron chi connectivity index (χ3n) is 4.68. The molecule has 148 valence electrons. The number of hydrogen-bond donors (Lipinski definition) is 0. The number of aromatic nitrogens is 3. The Labute approximate surface area is 174 Å². The molecule has 0 bridgehead atoms. The first-order valence-electron chi connectivity index (χ1n) is 9.42. The van der Waals surface area contributed by atoms with Crippen LogP contribution in [0.1, 0.15) is 5.56 Å². The van der Waals surface area contributed by atoms with Crippen molar-refractivity contribution in [1.29, 1.82) is 0 Å². The van der Waals surface area contributed by atoms with Crippen molar-refractivity contribution in [1.82, 2.24) is 20.0 Å². The first kappa shape index (κ1) is 19.4. The summed E-state index contributed by atoms with van der Waals surface area (Å²) in [4.78, 5) is 13.3. The number of likely N-dealkylation sites (N-methyl/N-ethyl adjacent to an activating group) is 1. The Kier molecular flexibility index (Phi) is 5.74. The van der Waals surface area contributed by atoms with Gasteiger partial charge in [0.25, 0.3) is 5.71 Å². The van der Waals surface area contributed by atoms with Crippen molar-refractivity contribution in [3.8, 4) is 11.3 Å². The minimum atomic E-state index is 0.466. The Morgan fingerprint density at radius 3 is 2.55 bits per heavy atom. The van der Waals surface area contributed by atoms with Crippen LogP contribution in [0, 0.1) is 0 Å². The fourth-order valence-electron chi connectivity index (χ4n) is 3.23. The summed E-state index contributed by atoms with van der Waals surface area (Å²) < 4.78 is 5.53. The molecule has 0 aliphatic carbocycles. The van der Waals surface area contributed by atoms with E-state index in [1.165, 1.54) is 11.9 Å². The number of nitrogens with zero attached hydrogens (tertiary/aromatic N) is 5. The number of halogens is 1. The van der Waals surface area contributed by atoms with Gasteiger partial charge in [0.1, 0.15) is 23.2 Å². The van der Waals surface area contributed by atoms with Crippen molar-refractivity contribution in [3.63, 3.8) is 0 Å². The molecule has 0 N–H and O–H groups in total. The van der Waals surface area contributed by atoms with Gasteiger partial charge in [-0.1, -0.05) is 59.2 Å². The molecule has 0 saturated carbocycles. The summed E-state index contributed by atoms with van der Waals surface area (Å²) in [5, 5.41) is 5.72. The zero-order valence-corrected chi connectivity index (χ0v) is 17.2. The topological polar surface area (TPSA) is 58.3 Å². The SMILES string of the molecule is CN(C)CCN(Cc1ccccc1)c1ncnc2onc(-c3cccc(Cl)c3)c12. The lowest BCUT2D eigenvalue weighted by Crippen LogP contribution is -2.32. The van der Waals surface area contributed by atoms with Gasteiger partial charge in [0.05, 0.1) is 0 Å². The van der Waals surface area contributed by atoms with E-state index in [-0.39, 0.29) is 0 Å². The quantitative estimate of drug-likeness (QED) is 0.449. The molecule has 0 amide bonds. The molecule has 2 aromatic heterocycles. The second-order valence-electron chi connectivity index (χ2n) is 7.13. The lowest BCUT2D eigenvalue weighted by Gasteiger charge is -2.26. The number of benzene rings is 2. The maximum absolute atomic E-state index is 6.20. The fourth-order valence-corrected chi connectivity index (χ4v) is 3.42. The third-order valence-corrected chi connectivity index (χ3v) is 4.92. The first-order valence-corrected chi connectivity index (χ1v) is 9.79. The van der Waals surface area contributed by atoms with Crippen LogP contribution in [0.25, 0.3) is 22.4 Å². The van der Waals surface area contributed by atoms with Gasteiger partial charge in [-0.15, -0.1) is 0 Å². The normalized spacial score (nSPS) is 11.3. The van der Waals surface area contributed by atoms with Gasteiger partial charge in [-0.05, 0) is 31.8 Å². The highest BCUT2D eigenvalue weighted by Crippen LogP contribution is 2.34. The predicted octanol–water partition coefficient (Wildman–Crippen LogP) is 4.51. The molecule has 29 heavy (non-hydrogen) atoms. The van der Waals surface area contributed by atoms with Crippen molar-refractivity contribution in [2.75, 3.05) is 32.1 Å². The van der Waals surface area contributed by atoms with Crippen LogP contribution in [0.3, 0.4) is 0 Å². The molecular weight excluding hydrogens is 386 g/mol. The van der Waals surface area contributed by atoms with E-state index >= 15 is 0 Å². The largest absolute Gasteiger partial charge is 0.350 e. The molecule has 0 saturated heterocycles. The molecular formula is C22H22ClN5O. The highest BCUT2D eigenvalue weighted by atomic mass is 35.5. The van der Waals surface area contributed by atoms with Crippen molar-refractivity contribution in [2.45, 2.75) is 6.54 Å². The van der Waals surface area contributed by atoms with E-state index in [0.29, 0.717) is 16.4 Å². The summed E-state index contributed by atoms with van der Waals surface area (Å²) in [5.74, 6) is 0.803. The Morgan fingerprint density at radius 2 is 1.79 bits per heavy atom. The van der Waals surface area contributed by atoms with Crippen molar-refractivity contribution in [2.24, 2.45) is 0 Å². The van der Waals surface area contributed by atoms with E-state index in [9.17, 15) is 0 Å². The molecule has 6 nitrogen and oxygen atoms in total. The number of anilines is 1. The fraction of sp³-hybridized carbons (Fsp3) is 0.227. The minimum absolute atomic E-state index is 0.466. The third kappa shape index (κ3) is 4.39. The van der Waals surface area contributed by atoms with E-state index in [4.69, 9.17) is 16.1 Å². The molecule has 4 aromatic rings. The van der Waals surface area contributed by atoms with Gasteiger partial charge in [0.2, 0.25) is 0 Å². The standard InChI is InChI=1S/C22H22ClN5O/c1-27(2)11-12-28(14-16-7-4-3-5-8-16)21-19-20(17-9-6-10-18(23)13-17)26-29-22(19)25-15-24-21/h3-10,13,15H,11-12,14H2,1-2H3. The maximum atomic E-state index is 6.20.